The summed E-state index contributed by atoms with van der Waals surface area (Å²) in [6, 6.07) is 6.75. The summed E-state index contributed by atoms with van der Waals surface area (Å²) in [4.78, 5) is 1.19. The highest BCUT2D eigenvalue weighted by atomic mass is 32.1. The van der Waals surface area contributed by atoms with E-state index in [4.69, 9.17) is 4.74 Å². The van der Waals surface area contributed by atoms with Gasteiger partial charge in [0.1, 0.15) is 0 Å². The summed E-state index contributed by atoms with van der Waals surface area (Å²) in [7, 11) is -0.703. The fraction of sp³-hybridized carbons (Fsp3) is 0.722. The van der Waals surface area contributed by atoms with Crippen LogP contribution < -0.4 is 0 Å². The first-order valence-corrected chi connectivity index (χ1v) is 12.1. The lowest BCUT2D eigenvalue weighted by atomic mass is 9.74. The minimum Gasteiger partial charge on any atom is -0.381 e. The zero-order valence-electron chi connectivity index (χ0n) is 15.0. The van der Waals surface area contributed by atoms with Gasteiger partial charge < -0.3 is 4.74 Å². The molecule has 0 saturated heterocycles. The predicted octanol–water partition coefficient (Wildman–Crippen LogP) is 5.23. The second kappa shape index (κ2) is 8.28. The summed E-state index contributed by atoms with van der Waals surface area (Å²) in [5.74, 6) is 0.315. The van der Waals surface area contributed by atoms with Crippen LogP contribution in [-0.4, -0.2) is 22.0 Å². The number of nitriles is 1. The quantitative estimate of drug-likeness (QED) is 0.456. The Balaban J connectivity index is 2.55. The number of thiophene rings is 1. The van der Waals surface area contributed by atoms with Gasteiger partial charge in [-0.3, -0.25) is 0 Å². The van der Waals surface area contributed by atoms with Gasteiger partial charge in [0.25, 0.3) is 0 Å². The van der Waals surface area contributed by atoms with E-state index in [0.717, 1.165) is 26.1 Å². The Kier molecular flexibility index (Phi) is 7.31. The van der Waals surface area contributed by atoms with Crippen molar-refractivity contribution in [2.24, 2.45) is 5.92 Å². The van der Waals surface area contributed by atoms with E-state index in [1.807, 2.05) is 6.07 Å². The Labute approximate surface area is 142 Å². The molecule has 0 saturated carbocycles. The van der Waals surface area contributed by atoms with Crippen molar-refractivity contribution in [3.8, 4) is 6.07 Å². The SMILES string of the molecule is CC(C)C(C#N)(CCCOCC(C)(C)[SiH](C)C)c1cccs1. The van der Waals surface area contributed by atoms with E-state index >= 15 is 0 Å². The van der Waals surface area contributed by atoms with Crippen LogP contribution in [0.5, 0.6) is 0 Å². The monoisotopic (exact) mass is 337 g/mol. The average Bonchev–Trinajstić information content (AvgIpc) is 2.96. The topological polar surface area (TPSA) is 33.0 Å². The van der Waals surface area contributed by atoms with Crippen molar-refractivity contribution in [3.05, 3.63) is 22.4 Å². The van der Waals surface area contributed by atoms with Crippen molar-refractivity contribution in [2.45, 2.75) is 64.1 Å². The molecule has 4 heteroatoms. The van der Waals surface area contributed by atoms with Crippen LogP contribution in [0.2, 0.25) is 18.1 Å². The molecule has 0 spiro atoms. The van der Waals surface area contributed by atoms with Gasteiger partial charge in [-0.25, -0.2) is 0 Å². The molecule has 0 bridgehead atoms. The van der Waals surface area contributed by atoms with Gasteiger partial charge >= 0.3 is 0 Å². The molecule has 0 aliphatic heterocycles. The molecule has 0 aliphatic carbocycles. The van der Waals surface area contributed by atoms with E-state index in [1.54, 1.807) is 11.3 Å². The van der Waals surface area contributed by atoms with Crippen LogP contribution >= 0.6 is 11.3 Å². The second-order valence-electron chi connectivity index (χ2n) is 7.51. The zero-order chi connectivity index (χ0) is 16.8. The molecule has 1 unspecified atom stereocenters. The molecule has 0 N–H and O–H groups in total. The van der Waals surface area contributed by atoms with Crippen molar-refractivity contribution < 1.29 is 4.74 Å². The van der Waals surface area contributed by atoms with Gasteiger partial charge in [-0.1, -0.05) is 46.9 Å². The first-order chi connectivity index (χ1) is 10.3. The normalized spacial score (nSPS) is 15.0. The summed E-state index contributed by atoms with van der Waals surface area (Å²) in [6.45, 7) is 15.3. The maximum Gasteiger partial charge on any atom is 0.0938 e. The maximum atomic E-state index is 9.80. The lowest BCUT2D eigenvalue weighted by molar-refractivity contribution is 0.106. The molecule has 1 rings (SSSR count). The van der Waals surface area contributed by atoms with Gasteiger partial charge in [-0.2, -0.15) is 5.26 Å². The average molecular weight is 338 g/mol. The summed E-state index contributed by atoms with van der Waals surface area (Å²) >= 11 is 1.70. The molecule has 1 atom stereocenters. The molecule has 0 amide bonds. The van der Waals surface area contributed by atoms with Crippen molar-refractivity contribution in [1.29, 1.82) is 5.26 Å². The summed E-state index contributed by atoms with van der Waals surface area (Å²) < 4.78 is 5.93. The largest absolute Gasteiger partial charge is 0.381 e. The predicted molar refractivity (Wildman–Crippen MR) is 99.4 cm³/mol. The first-order valence-electron chi connectivity index (χ1n) is 8.29. The summed E-state index contributed by atoms with van der Waals surface area (Å²) in [5, 5.41) is 12.2. The Morgan fingerprint density at radius 1 is 1.36 bits per heavy atom. The van der Waals surface area contributed by atoms with Crippen LogP contribution in [0.1, 0.15) is 45.4 Å². The van der Waals surface area contributed by atoms with Crippen LogP contribution in [0.15, 0.2) is 17.5 Å². The number of hydrogen-bond donors (Lipinski definition) is 0. The fourth-order valence-corrected chi connectivity index (χ4v) is 3.93. The second-order valence-corrected chi connectivity index (χ2v) is 12.3. The van der Waals surface area contributed by atoms with E-state index < -0.39 is 8.80 Å². The third kappa shape index (κ3) is 4.68. The summed E-state index contributed by atoms with van der Waals surface area (Å²) in [5.41, 5.74) is -0.361. The zero-order valence-corrected chi connectivity index (χ0v) is 17.0. The molecular formula is C18H31NOSSi. The highest BCUT2D eigenvalue weighted by Gasteiger charge is 2.36. The highest BCUT2D eigenvalue weighted by Crippen LogP contribution is 2.39. The lowest BCUT2D eigenvalue weighted by Crippen LogP contribution is -2.30. The molecule has 0 aliphatic rings. The lowest BCUT2D eigenvalue weighted by Gasteiger charge is -2.31. The molecule has 22 heavy (non-hydrogen) atoms. The summed E-state index contributed by atoms with van der Waals surface area (Å²) in [6.07, 6.45) is 1.82. The van der Waals surface area contributed by atoms with E-state index in [9.17, 15) is 5.26 Å². The van der Waals surface area contributed by atoms with Crippen molar-refractivity contribution in [2.75, 3.05) is 13.2 Å². The molecular weight excluding hydrogens is 306 g/mol. The van der Waals surface area contributed by atoms with Gasteiger partial charge in [0.05, 0.1) is 11.5 Å². The number of nitrogens with zero attached hydrogens (tertiary/aromatic N) is 1. The van der Waals surface area contributed by atoms with Gasteiger partial charge in [0, 0.05) is 26.9 Å². The minimum atomic E-state index is -0.703. The Bertz CT molecular complexity index is 476. The Morgan fingerprint density at radius 3 is 2.50 bits per heavy atom. The van der Waals surface area contributed by atoms with Crippen molar-refractivity contribution >= 4 is 20.1 Å². The van der Waals surface area contributed by atoms with E-state index in [0.29, 0.717) is 11.0 Å². The standard InChI is InChI=1S/C18H31NOSSi/c1-15(2)18(13-19,16-9-7-12-21-16)10-8-11-20-14-17(3,4)22(5)6/h7,9,12,15,22H,8,10-11,14H2,1-6H3. The Hall–Kier alpha value is -0.633. The molecule has 1 aromatic rings. The smallest absolute Gasteiger partial charge is 0.0938 e. The van der Waals surface area contributed by atoms with Gasteiger partial charge in [-0.05, 0) is 35.2 Å². The molecule has 0 radical (unpaired) electrons. The fourth-order valence-electron chi connectivity index (χ4n) is 2.42. The minimum absolute atomic E-state index is 0.315. The number of ether oxygens (including phenoxy) is 1. The van der Waals surface area contributed by atoms with Crippen LogP contribution in [-0.2, 0) is 10.2 Å². The van der Waals surface area contributed by atoms with E-state index in [1.165, 1.54) is 4.88 Å². The van der Waals surface area contributed by atoms with Crippen LogP contribution in [0, 0.1) is 17.2 Å². The molecule has 0 aromatic carbocycles. The molecule has 2 nitrogen and oxygen atoms in total. The van der Waals surface area contributed by atoms with Crippen LogP contribution in [0.4, 0.5) is 0 Å². The number of rotatable bonds is 9. The van der Waals surface area contributed by atoms with Gasteiger partial charge in [0.15, 0.2) is 0 Å². The third-order valence-electron chi connectivity index (χ3n) is 5.04. The molecule has 1 aromatic heterocycles. The highest BCUT2D eigenvalue weighted by molar-refractivity contribution is 7.10. The molecule has 0 fully saturated rings. The van der Waals surface area contributed by atoms with Gasteiger partial charge in [0.2, 0.25) is 0 Å². The maximum absolute atomic E-state index is 9.80. The van der Waals surface area contributed by atoms with Crippen molar-refractivity contribution in [3.63, 3.8) is 0 Å². The van der Waals surface area contributed by atoms with Crippen LogP contribution in [0.25, 0.3) is 0 Å². The Morgan fingerprint density at radius 2 is 2.05 bits per heavy atom. The van der Waals surface area contributed by atoms with Crippen LogP contribution in [0.3, 0.4) is 0 Å². The van der Waals surface area contributed by atoms with Crippen molar-refractivity contribution in [1.82, 2.24) is 0 Å². The third-order valence-corrected chi connectivity index (χ3v) is 9.38. The van der Waals surface area contributed by atoms with E-state index in [2.05, 4.69) is 58.3 Å². The number of hydrogen-bond acceptors (Lipinski definition) is 3. The van der Waals surface area contributed by atoms with E-state index in [-0.39, 0.29) is 5.41 Å². The molecule has 1 heterocycles. The molecule has 124 valence electrons. The van der Waals surface area contributed by atoms with Gasteiger partial charge in [-0.15, -0.1) is 11.3 Å². The first kappa shape index (κ1) is 19.4.